The van der Waals surface area contributed by atoms with Gasteiger partial charge in [-0.25, -0.2) is 8.42 Å². The summed E-state index contributed by atoms with van der Waals surface area (Å²) in [6.45, 7) is 0.864. The van der Waals surface area contributed by atoms with E-state index in [1.54, 1.807) is 16.1 Å². The summed E-state index contributed by atoms with van der Waals surface area (Å²) in [5.74, 6) is 1.83. The minimum absolute atomic E-state index is 0.240. The van der Waals surface area contributed by atoms with Crippen LogP contribution in [0.3, 0.4) is 0 Å². The highest BCUT2D eigenvalue weighted by atomic mass is 32.2. The fraction of sp³-hybridized carbons (Fsp3) is 0.429. The smallest absolute Gasteiger partial charge is 0.244 e. The lowest BCUT2D eigenvalue weighted by Crippen LogP contribution is -2.33. The summed E-state index contributed by atoms with van der Waals surface area (Å²) in [6, 6.07) is 7.45. The first-order valence-corrected chi connectivity index (χ1v) is 10.2. The van der Waals surface area contributed by atoms with Gasteiger partial charge in [-0.15, -0.1) is 11.3 Å². The molecule has 1 aliphatic rings. The van der Waals surface area contributed by atoms with Crippen molar-refractivity contribution in [2.24, 2.45) is 0 Å². The second-order valence-electron chi connectivity index (χ2n) is 4.88. The van der Waals surface area contributed by atoms with Crippen LogP contribution < -0.4 is 0 Å². The number of aliphatic hydroxyl groups excluding tert-OH is 1. The van der Waals surface area contributed by atoms with Gasteiger partial charge in [-0.3, -0.25) is 0 Å². The Hall–Kier alpha value is -0.600. The van der Waals surface area contributed by atoms with Crippen LogP contribution in [0.2, 0.25) is 0 Å². The minimum Gasteiger partial charge on any atom is -0.391 e. The molecule has 0 atom stereocenters. The van der Waals surface area contributed by atoms with Gasteiger partial charge in [0.25, 0.3) is 0 Å². The first-order valence-electron chi connectivity index (χ1n) is 6.84. The van der Waals surface area contributed by atoms with Gasteiger partial charge in [0.15, 0.2) is 0 Å². The summed E-state index contributed by atoms with van der Waals surface area (Å²) in [7, 11) is -3.54. The van der Waals surface area contributed by atoms with Crippen molar-refractivity contribution in [1.82, 2.24) is 4.31 Å². The molecule has 0 bridgehead atoms. The monoisotopic (exact) mass is 343 g/mol. The number of hydrogen-bond acceptors (Lipinski definition) is 5. The van der Waals surface area contributed by atoms with Crippen molar-refractivity contribution in [3.05, 3.63) is 29.1 Å². The van der Waals surface area contributed by atoms with E-state index in [9.17, 15) is 13.5 Å². The average Bonchev–Trinajstić information content (AvgIpc) is 2.66. The minimum atomic E-state index is -3.54. The lowest BCUT2D eigenvalue weighted by molar-refractivity contribution is 0.282. The molecule has 0 spiro atoms. The molecule has 2 heterocycles. The third-order valence-corrected chi connectivity index (χ3v) is 7.90. The number of thioether (sulfide) groups is 1. The molecule has 3 rings (SSSR count). The van der Waals surface area contributed by atoms with Crippen LogP contribution in [0.25, 0.3) is 10.1 Å². The van der Waals surface area contributed by atoms with Crippen LogP contribution in [0.4, 0.5) is 0 Å². The quantitative estimate of drug-likeness (QED) is 0.930. The molecule has 0 unspecified atom stereocenters. The van der Waals surface area contributed by atoms with E-state index in [1.807, 2.05) is 24.3 Å². The molecule has 1 fully saturated rings. The molecule has 1 N–H and O–H groups in total. The fourth-order valence-corrected chi connectivity index (χ4v) is 6.79. The van der Waals surface area contributed by atoms with Crippen LogP contribution >= 0.6 is 23.1 Å². The molecule has 1 aromatic heterocycles. The second-order valence-corrected chi connectivity index (χ2v) is 9.11. The van der Waals surface area contributed by atoms with Crippen LogP contribution in [0.5, 0.6) is 0 Å². The van der Waals surface area contributed by atoms with Crippen LogP contribution in [-0.2, 0) is 16.6 Å². The van der Waals surface area contributed by atoms with Gasteiger partial charge in [0, 0.05) is 28.9 Å². The van der Waals surface area contributed by atoms with Gasteiger partial charge in [0.05, 0.1) is 11.5 Å². The third kappa shape index (κ3) is 2.85. The maximum absolute atomic E-state index is 13.0. The van der Waals surface area contributed by atoms with Crippen LogP contribution in [0.1, 0.15) is 11.3 Å². The Kier molecular flexibility index (Phi) is 4.56. The molecule has 21 heavy (non-hydrogen) atoms. The number of thiophene rings is 1. The molecule has 4 nitrogen and oxygen atoms in total. The van der Waals surface area contributed by atoms with Crippen molar-refractivity contribution in [3.63, 3.8) is 0 Å². The lowest BCUT2D eigenvalue weighted by atomic mass is 10.2. The van der Waals surface area contributed by atoms with Gasteiger partial charge in [-0.1, -0.05) is 18.2 Å². The van der Waals surface area contributed by atoms with Crippen LogP contribution in [0.15, 0.2) is 29.2 Å². The molecule has 1 aliphatic heterocycles. The van der Waals surface area contributed by atoms with Crippen molar-refractivity contribution < 1.29 is 13.5 Å². The van der Waals surface area contributed by atoms with E-state index in [0.29, 0.717) is 22.9 Å². The Balaban J connectivity index is 2.13. The zero-order valence-electron chi connectivity index (χ0n) is 11.5. The van der Waals surface area contributed by atoms with E-state index in [0.717, 1.165) is 28.0 Å². The third-order valence-electron chi connectivity index (χ3n) is 3.54. The predicted molar refractivity (Wildman–Crippen MR) is 88.4 cm³/mol. The van der Waals surface area contributed by atoms with E-state index >= 15 is 0 Å². The topological polar surface area (TPSA) is 57.6 Å². The maximum Gasteiger partial charge on any atom is 0.244 e. The lowest BCUT2D eigenvalue weighted by Gasteiger charge is -2.20. The number of hydrogen-bond donors (Lipinski definition) is 1. The standard InChI is InChI=1S/C14H17NO3S3/c16-10-13-14(11-4-1-2-5-12(11)20-13)21(17,18)15-6-3-8-19-9-7-15/h1-2,4-5,16H,3,6-10H2. The number of sulfonamides is 1. The molecule has 0 radical (unpaired) electrons. The zero-order chi connectivity index (χ0) is 14.9. The molecule has 1 saturated heterocycles. The van der Waals surface area contributed by atoms with Crippen LogP contribution in [0, 0.1) is 0 Å². The molecule has 0 amide bonds. The van der Waals surface area contributed by atoms with Crippen LogP contribution in [-0.4, -0.2) is 42.4 Å². The van der Waals surface area contributed by atoms with Gasteiger partial charge in [0.2, 0.25) is 10.0 Å². The van der Waals surface area contributed by atoms with E-state index in [4.69, 9.17) is 0 Å². The van der Waals surface area contributed by atoms with Crippen molar-refractivity contribution in [2.45, 2.75) is 17.9 Å². The molecule has 2 aromatic rings. The first kappa shape index (κ1) is 15.3. The van der Waals surface area contributed by atoms with Crippen molar-refractivity contribution in [1.29, 1.82) is 0 Å². The predicted octanol–water partition coefficient (Wildman–Crippen LogP) is 2.52. The summed E-state index contributed by atoms with van der Waals surface area (Å²) in [4.78, 5) is 0.839. The Morgan fingerprint density at radius 1 is 1.19 bits per heavy atom. The SMILES string of the molecule is O=S(=O)(c1c(CO)sc2ccccc12)N1CCCSCC1. The Bertz CT molecular complexity index is 731. The van der Waals surface area contributed by atoms with Gasteiger partial charge < -0.3 is 5.11 Å². The number of benzene rings is 1. The maximum atomic E-state index is 13.0. The summed E-state index contributed by atoms with van der Waals surface area (Å²) in [5.41, 5.74) is 0. The number of rotatable bonds is 3. The van der Waals surface area contributed by atoms with Gasteiger partial charge in [-0.05, 0) is 18.2 Å². The average molecular weight is 343 g/mol. The molecular weight excluding hydrogens is 326 g/mol. The highest BCUT2D eigenvalue weighted by Crippen LogP contribution is 2.36. The van der Waals surface area contributed by atoms with Gasteiger partial charge >= 0.3 is 0 Å². The van der Waals surface area contributed by atoms with Crippen molar-refractivity contribution in [2.75, 3.05) is 24.6 Å². The highest BCUT2D eigenvalue weighted by Gasteiger charge is 2.30. The zero-order valence-corrected chi connectivity index (χ0v) is 13.9. The van der Waals surface area contributed by atoms with E-state index in [-0.39, 0.29) is 6.61 Å². The molecule has 0 saturated carbocycles. The summed E-state index contributed by atoms with van der Waals surface area (Å²) >= 11 is 3.15. The highest BCUT2D eigenvalue weighted by molar-refractivity contribution is 7.99. The largest absolute Gasteiger partial charge is 0.391 e. The summed E-state index contributed by atoms with van der Waals surface area (Å²) in [6.07, 6.45) is 0.875. The summed E-state index contributed by atoms with van der Waals surface area (Å²) < 4.78 is 28.5. The normalized spacial score (nSPS) is 18.0. The number of nitrogens with zero attached hydrogens (tertiary/aromatic N) is 1. The van der Waals surface area contributed by atoms with E-state index in [2.05, 4.69) is 0 Å². The molecular formula is C14H17NO3S3. The molecule has 1 aromatic carbocycles. The van der Waals surface area contributed by atoms with Gasteiger partial charge in [-0.2, -0.15) is 16.1 Å². The fourth-order valence-electron chi connectivity index (χ4n) is 2.55. The molecule has 7 heteroatoms. The number of aliphatic hydroxyl groups is 1. The summed E-state index contributed by atoms with van der Waals surface area (Å²) in [5, 5.41) is 10.3. The molecule has 0 aliphatic carbocycles. The van der Waals surface area contributed by atoms with Crippen molar-refractivity contribution >= 4 is 43.2 Å². The first-order chi connectivity index (χ1) is 10.1. The van der Waals surface area contributed by atoms with Gasteiger partial charge in [0.1, 0.15) is 4.90 Å². The second kappa shape index (κ2) is 6.26. The Morgan fingerprint density at radius 3 is 2.81 bits per heavy atom. The number of fused-ring (bicyclic) bond motifs is 1. The van der Waals surface area contributed by atoms with Crippen molar-refractivity contribution in [3.8, 4) is 0 Å². The van der Waals surface area contributed by atoms with E-state index in [1.165, 1.54) is 11.3 Å². The van der Waals surface area contributed by atoms with E-state index < -0.39 is 10.0 Å². The Morgan fingerprint density at radius 2 is 2.00 bits per heavy atom. The Labute approximate surface area is 132 Å². The molecule has 114 valence electrons.